The highest BCUT2D eigenvalue weighted by Crippen LogP contribution is 2.20. The molecule has 0 aliphatic carbocycles. The van der Waals surface area contributed by atoms with Gasteiger partial charge in [0.1, 0.15) is 12.1 Å². The molecule has 3 aromatic rings. The van der Waals surface area contributed by atoms with Crippen LogP contribution in [0.5, 0.6) is 0 Å². The van der Waals surface area contributed by atoms with Gasteiger partial charge in [0.25, 0.3) is 5.91 Å². The van der Waals surface area contributed by atoms with E-state index in [2.05, 4.69) is 39.3 Å². The third-order valence-corrected chi connectivity index (χ3v) is 4.11. The van der Waals surface area contributed by atoms with Crippen molar-refractivity contribution in [1.29, 1.82) is 0 Å². The van der Waals surface area contributed by atoms with E-state index in [0.29, 0.717) is 17.2 Å². The minimum atomic E-state index is -0.213. The maximum atomic E-state index is 12.0. The molecule has 0 atom stereocenters. The number of rotatable bonds is 7. The Morgan fingerprint density at radius 3 is 2.41 bits per heavy atom. The van der Waals surface area contributed by atoms with Crippen LogP contribution in [0.4, 0.5) is 23.1 Å². The third kappa shape index (κ3) is 4.63. The number of aryl methyl sites for hydroxylation is 1. The van der Waals surface area contributed by atoms with E-state index in [4.69, 9.17) is 4.42 Å². The molecule has 0 saturated carbocycles. The van der Waals surface area contributed by atoms with Crippen LogP contribution in [0.1, 0.15) is 29.9 Å². The second-order valence-electron chi connectivity index (χ2n) is 6.03. The zero-order valence-corrected chi connectivity index (χ0v) is 15.7. The van der Waals surface area contributed by atoms with Crippen molar-refractivity contribution in [2.24, 2.45) is 0 Å². The zero-order valence-electron chi connectivity index (χ0n) is 15.7. The van der Waals surface area contributed by atoms with Gasteiger partial charge in [-0.05, 0) is 51.1 Å². The highest BCUT2D eigenvalue weighted by molar-refractivity contribution is 6.04. The van der Waals surface area contributed by atoms with Crippen molar-refractivity contribution in [2.45, 2.75) is 20.8 Å². The first kappa shape index (κ1) is 18.4. The summed E-state index contributed by atoms with van der Waals surface area (Å²) >= 11 is 0. The molecule has 0 aliphatic rings. The molecule has 0 radical (unpaired) electrons. The predicted molar refractivity (Wildman–Crippen MR) is 107 cm³/mol. The van der Waals surface area contributed by atoms with Crippen LogP contribution in [0.15, 0.2) is 53.3 Å². The number of furan rings is 1. The molecular weight excluding hydrogens is 342 g/mol. The van der Waals surface area contributed by atoms with E-state index in [9.17, 15) is 4.79 Å². The number of nitrogens with zero attached hydrogens (tertiary/aromatic N) is 3. The fourth-order valence-electron chi connectivity index (χ4n) is 2.68. The van der Waals surface area contributed by atoms with Crippen molar-refractivity contribution < 1.29 is 9.21 Å². The summed E-state index contributed by atoms with van der Waals surface area (Å²) in [6, 6.07) is 11.0. The van der Waals surface area contributed by atoms with Crippen LogP contribution >= 0.6 is 0 Å². The van der Waals surface area contributed by atoms with Gasteiger partial charge in [-0.15, -0.1) is 0 Å². The largest absolute Gasteiger partial charge is 0.472 e. The molecule has 0 aliphatic heterocycles. The van der Waals surface area contributed by atoms with Gasteiger partial charge < -0.3 is 20.0 Å². The predicted octanol–water partition coefficient (Wildman–Crippen LogP) is 4.22. The van der Waals surface area contributed by atoms with Crippen molar-refractivity contribution in [3.05, 3.63) is 60.2 Å². The van der Waals surface area contributed by atoms with E-state index < -0.39 is 0 Å². The van der Waals surface area contributed by atoms with Gasteiger partial charge >= 0.3 is 0 Å². The summed E-state index contributed by atoms with van der Waals surface area (Å²) in [6.45, 7) is 7.93. The SMILES string of the molecule is CCN(CC)c1cc(C)nc(Nc2ccc(NC(=O)c3ccoc3)cc2)n1. The topological polar surface area (TPSA) is 83.3 Å². The Bertz CT molecular complexity index is 887. The molecule has 0 unspecified atom stereocenters. The summed E-state index contributed by atoms with van der Waals surface area (Å²) in [5.74, 6) is 1.24. The normalized spacial score (nSPS) is 10.5. The fourth-order valence-corrected chi connectivity index (χ4v) is 2.68. The lowest BCUT2D eigenvalue weighted by atomic mass is 10.2. The van der Waals surface area contributed by atoms with Gasteiger partial charge in [0.2, 0.25) is 5.95 Å². The Labute approximate surface area is 158 Å². The van der Waals surface area contributed by atoms with Gasteiger partial charge in [-0.3, -0.25) is 4.79 Å². The maximum Gasteiger partial charge on any atom is 0.258 e. The number of nitrogens with one attached hydrogen (secondary N) is 2. The highest BCUT2D eigenvalue weighted by Gasteiger charge is 2.09. The molecule has 2 N–H and O–H groups in total. The minimum Gasteiger partial charge on any atom is -0.472 e. The molecule has 0 bridgehead atoms. The van der Waals surface area contributed by atoms with Gasteiger partial charge in [-0.25, -0.2) is 4.98 Å². The van der Waals surface area contributed by atoms with Gasteiger partial charge in [-0.2, -0.15) is 4.98 Å². The van der Waals surface area contributed by atoms with E-state index in [0.717, 1.165) is 30.3 Å². The lowest BCUT2D eigenvalue weighted by Gasteiger charge is -2.20. The van der Waals surface area contributed by atoms with Crippen LogP contribution in [0.25, 0.3) is 0 Å². The number of hydrogen-bond acceptors (Lipinski definition) is 6. The average Bonchev–Trinajstić information content (AvgIpc) is 3.19. The van der Waals surface area contributed by atoms with Crippen molar-refractivity contribution in [3.63, 3.8) is 0 Å². The summed E-state index contributed by atoms with van der Waals surface area (Å²) in [5, 5.41) is 6.04. The van der Waals surface area contributed by atoms with Crippen LogP contribution in [0.3, 0.4) is 0 Å². The molecule has 2 heterocycles. The second kappa shape index (κ2) is 8.35. The maximum absolute atomic E-state index is 12.0. The lowest BCUT2D eigenvalue weighted by Crippen LogP contribution is -2.23. The van der Waals surface area contributed by atoms with E-state index in [1.54, 1.807) is 6.07 Å². The van der Waals surface area contributed by atoms with Crippen molar-refractivity contribution >= 4 is 29.0 Å². The van der Waals surface area contributed by atoms with Crippen molar-refractivity contribution in [1.82, 2.24) is 9.97 Å². The molecule has 0 saturated heterocycles. The Morgan fingerprint density at radius 1 is 1.07 bits per heavy atom. The first-order valence-corrected chi connectivity index (χ1v) is 8.90. The second-order valence-corrected chi connectivity index (χ2v) is 6.03. The minimum absolute atomic E-state index is 0.213. The standard InChI is InChI=1S/C20H23N5O2/c1-4-25(5-2)18-12-14(3)21-20(24-18)23-17-8-6-16(7-9-17)22-19(26)15-10-11-27-13-15/h6-13H,4-5H2,1-3H3,(H,22,26)(H,21,23,24). The molecular formula is C20H23N5O2. The summed E-state index contributed by atoms with van der Waals surface area (Å²) in [7, 11) is 0. The summed E-state index contributed by atoms with van der Waals surface area (Å²) in [5.41, 5.74) is 2.92. The third-order valence-electron chi connectivity index (χ3n) is 4.11. The Morgan fingerprint density at radius 2 is 1.78 bits per heavy atom. The molecule has 2 aromatic heterocycles. The molecule has 27 heavy (non-hydrogen) atoms. The Balaban J connectivity index is 1.70. The highest BCUT2D eigenvalue weighted by atomic mass is 16.3. The molecule has 7 heteroatoms. The van der Waals surface area contributed by atoms with Crippen LogP contribution in [0, 0.1) is 6.92 Å². The number of aromatic nitrogens is 2. The number of hydrogen-bond donors (Lipinski definition) is 2. The molecule has 0 spiro atoms. The fraction of sp³-hybridized carbons (Fsp3) is 0.250. The average molecular weight is 365 g/mol. The first-order valence-electron chi connectivity index (χ1n) is 8.90. The quantitative estimate of drug-likeness (QED) is 0.652. The first-order chi connectivity index (χ1) is 13.1. The molecule has 140 valence electrons. The van der Waals surface area contributed by atoms with Crippen molar-refractivity contribution in [3.8, 4) is 0 Å². The lowest BCUT2D eigenvalue weighted by molar-refractivity contribution is 0.102. The Kier molecular flexibility index (Phi) is 5.71. The molecule has 1 amide bonds. The van der Waals surface area contributed by atoms with Crippen LogP contribution in [0.2, 0.25) is 0 Å². The number of carbonyl (C=O) groups excluding carboxylic acids is 1. The molecule has 1 aromatic carbocycles. The number of anilines is 4. The van der Waals surface area contributed by atoms with E-state index >= 15 is 0 Å². The van der Waals surface area contributed by atoms with Gasteiger partial charge in [-0.1, -0.05) is 0 Å². The smallest absolute Gasteiger partial charge is 0.258 e. The van der Waals surface area contributed by atoms with Gasteiger partial charge in [0.15, 0.2) is 0 Å². The van der Waals surface area contributed by atoms with Crippen LogP contribution in [-0.2, 0) is 0 Å². The summed E-state index contributed by atoms with van der Waals surface area (Å²) < 4.78 is 4.92. The molecule has 3 rings (SSSR count). The van der Waals surface area contributed by atoms with Crippen LogP contribution in [-0.4, -0.2) is 29.0 Å². The van der Waals surface area contributed by atoms with Gasteiger partial charge in [0.05, 0.1) is 11.8 Å². The van der Waals surface area contributed by atoms with Crippen molar-refractivity contribution in [2.75, 3.05) is 28.6 Å². The Hall–Kier alpha value is -3.35. The number of amides is 1. The summed E-state index contributed by atoms with van der Waals surface area (Å²) in [4.78, 5) is 23.3. The monoisotopic (exact) mass is 365 g/mol. The zero-order chi connectivity index (χ0) is 19.2. The number of benzene rings is 1. The number of carbonyl (C=O) groups is 1. The summed E-state index contributed by atoms with van der Waals surface area (Å²) in [6.07, 6.45) is 2.88. The van der Waals surface area contributed by atoms with Crippen LogP contribution < -0.4 is 15.5 Å². The molecule has 0 fully saturated rings. The van der Waals surface area contributed by atoms with E-state index in [-0.39, 0.29) is 5.91 Å². The molecule has 7 nitrogen and oxygen atoms in total. The van der Waals surface area contributed by atoms with Gasteiger partial charge in [0, 0.05) is 36.2 Å². The van der Waals surface area contributed by atoms with E-state index in [1.165, 1.54) is 12.5 Å². The van der Waals surface area contributed by atoms with E-state index in [1.807, 2.05) is 37.3 Å².